The fourth-order valence-electron chi connectivity index (χ4n) is 1.14. The molecule has 1 rings (SSSR count). The summed E-state index contributed by atoms with van der Waals surface area (Å²) in [5.74, 6) is -1.57. The number of phenols is 1. The maximum atomic E-state index is 12.9. The molecule has 0 aliphatic heterocycles. The number of ether oxygens (including phenoxy) is 1. The van der Waals surface area contributed by atoms with Gasteiger partial charge in [-0.1, -0.05) is 0 Å². The maximum Gasteiger partial charge on any atom is 0.327 e. The van der Waals surface area contributed by atoms with Crippen LogP contribution in [-0.2, 0) is 9.53 Å². The van der Waals surface area contributed by atoms with E-state index in [0.29, 0.717) is 0 Å². The number of benzene rings is 1. The minimum absolute atomic E-state index is 0.186. The molecule has 1 aromatic rings. The summed E-state index contributed by atoms with van der Waals surface area (Å²) < 4.78 is 17.5. The fourth-order valence-corrected chi connectivity index (χ4v) is 1.14. The van der Waals surface area contributed by atoms with Crippen LogP contribution in [0.4, 0.5) is 4.39 Å². The van der Waals surface area contributed by atoms with Gasteiger partial charge >= 0.3 is 5.97 Å². The molecule has 0 aliphatic carbocycles. The number of hydrogen-bond donors (Lipinski definition) is 2. The largest absolute Gasteiger partial charge is 0.508 e. The highest BCUT2D eigenvalue weighted by Gasteiger charge is 2.18. The van der Waals surface area contributed by atoms with Gasteiger partial charge in [0.1, 0.15) is 17.6 Å². The zero-order valence-electron chi connectivity index (χ0n) is 8.24. The predicted octanol–water partition coefficient (Wildman–Crippen LogP) is 1.09. The van der Waals surface area contributed by atoms with Gasteiger partial charge in [0, 0.05) is 6.07 Å². The van der Waals surface area contributed by atoms with Crippen LogP contribution in [0.15, 0.2) is 18.2 Å². The lowest BCUT2D eigenvalue weighted by atomic mass is 10.1. The van der Waals surface area contributed by atoms with Crippen molar-refractivity contribution in [2.24, 2.45) is 5.73 Å². The van der Waals surface area contributed by atoms with E-state index in [1.165, 1.54) is 6.07 Å². The molecule has 3 N–H and O–H groups in total. The van der Waals surface area contributed by atoms with Crippen molar-refractivity contribution in [3.05, 3.63) is 29.6 Å². The first-order valence-electron chi connectivity index (χ1n) is 4.46. The van der Waals surface area contributed by atoms with Crippen LogP contribution >= 0.6 is 0 Å². The fraction of sp³-hybridized carbons (Fsp3) is 0.300. The SMILES string of the molecule is CCOC(=O)C(N)c1cc(O)cc(F)c1. The summed E-state index contributed by atoms with van der Waals surface area (Å²) in [5, 5.41) is 9.11. The Hall–Kier alpha value is -1.62. The number of hydrogen-bond acceptors (Lipinski definition) is 4. The smallest absolute Gasteiger partial charge is 0.327 e. The normalized spacial score (nSPS) is 12.2. The first-order valence-corrected chi connectivity index (χ1v) is 4.46. The molecular weight excluding hydrogens is 201 g/mol. The van der Waals surface area contributed by atoms with Crippen LogP contribution < -0.4 is 5.73 Å². The molecule has 0 saturated heterocycles. The van der Waals surface area contributed by atoms with Crippen LogP contribution in [0, 0.1) is 5.82 Å². The number of halogens is 1. The quantitative estimate of drug-likeness (QED) is 0.737. The van der Waals surface area contributed by atoms with Crippen molar-refractivity contribution in [2.45, 2.75) is 13.0 Å². The van der Waals surface area contributed by atoms with Crippen LogP contribution in [0.1, 0.15) is 18.5 Å². The van der Waals surface area contributed by atoms with E-state index >= 15 is 0 Å². The molecule has 1 atom stereocenters. The summed E-state index contributed by atoms with van der Waals surface area (Å²) in [6.45, 7) is 1.85. The molecule has 0 bridgehead atoms. The van der Waals surface area contributed by atoms with Crippen LogP contribution in [0.25, 0.3) is 0 Å². The summed E-state index contributed by atoms with van der Waals surface area (Å²) in [4.78, 5) is 11.2. The van der Waals surface area contributed by atoms with E-state index < -0.39 is 17.8 Å². The Balaban J connectivity index is 2.90. The molecule has 0 fully saturated rings. The van der Waals surface area contributed by atoms with Gasteiger partial charge < -0.3 is 15.6 Å². The Morgan fingerprint density at radius 2 is 2.27 bits per heavy atom. The highest BCUT2D eigenvalue weighted by atomic mass is 19.1. The second kappa shape index (κ2) is 4.75. The monoisotopic (exact) mass is 213 g/mol. The molecule has 5 heteroatoms. The van der Waals surface area contributed by atoms with Crippen molar-refractivity contribution in [1.29, 1.82) is 0 Å². The lowest BCUT2D eigenvalue weighted by molar-refractivity contribution is -0.144. The molecule has 4 nitrogen and oxygen atoms in total. The van der Waals surface area contributed by atoms with Gasteiger partial charge in [-0.05, 0) is 24.6 Å². The molecule has 0 heterocycles. The predicted molar refractivity (Wildman–Crippen MR) is 51.6 cm³/mol. The summed E-state index contributed by atoms with van der Waals surface area (Å²) in [6, 6.07) is 2.17. The van der Waals surface area contributed by atoms with Gasteiger partial charge in [0.05, 0.1) is 6.61 Å². The number of phenolic OH excluding ortho intramolecular Hbond substituents is 1. The highest BCUT2D eigenvalue weighted by molar-refractivity contribution is 5.77. The molecule has 1 aromatic carbocycles. The van der Waals surface area contributed by atoms with E-state index in [4.69, 9.17) is 10.8 Å². The second-order valence-corrected chi connectivity index (χ2v) is 2.97. The molecular formula is C10H12FNO3. The van der Waals surface area contributed by atoms with Crippen molar-refractivity contribution in [2.75, 3.05) is 6.61 Å². The van der Waals surface area contributed by atoms with Gasteiger partial charge in [-0.3, -0.25) is 0 Å². The van der Waals surface area contributed by atoms with Gasteiger partial charge in [0.25, 0.3) is 0 Å². The zero-order valence-corrected chi connectivity index (χ0v) is 8.24. The van der Waals surface area contributed by atoms with Crippen molar-refractivity contribution >= 4 is 5.97 Å². The van der Waals surface area contributed by atoms with Gasteiger partial charge in [-0.2, -0.15) is 0 Å². The number of aromatic hydroxyl groups is 1. The molecule has 82 valence electrons. The van der Waals surface area contributed by atoms with Crippen molar-refractivity contribution in [3.8, 4) is 5.75 Å². The van der Waals surface area contributed by atoms with E-state index in [0.717, 1.165) is 12.1 Å². The van der Waals surface area contributed by atoms with E-state index in [1.807, 2.05) is 0 Å². The van der Waals surface area contributed by atoms with E-state index in [-0.39, 0.29) is 17.9 Å². The Kier molecular flexibility index (Phi) is 3.62. The van der Waals surface area contributed by atoms with Crippen molar-refractivity contribution in [1.82, 2.24) is 0 Å². The third kappa shape index (κ3) is 2.92. The molecule has 0 spiro atoms. The van der Waals surface area contributed by atoms with Gasteiger partial charge in [-0.15, -0.1) is 0 Å². The van der Waals surface area contributed by atoms with E-state index in [9.17, 15) is 9.18 Å². The standard InChI is InChI=1S/C10H12FNO3/c1-2-15-10(14)9(12)6-3-7(11)5-8(13)4-6/h3-5,9,13H,2,12H2,1H3. The average molecular weight is 213 g/mol. The van der Waals surface area contributed by atoms with Crippen molar-refractivity contribution in [3.63, 3.8) is 0 Å². The highest BCUT2D eigenvalue weighted by Crippen LogP contribution is 2.19. The third-order valence-corrected chi connectivity index (χ3v) is 1.80. The zero-order chi connectivity index (χ0) is 11.4. The molecule has 1 unspecified atom stereocenters. The van der Waals surface area contributed by atoms with Gasteiger partial charge in [0.2, 0.25) is 0 Å². The molecule has 0 radical (unpaired) electrons. The molecule has 15 heavy (non-hydrogen) atoms. The molecule has 0 saturated carbocycles. The summed E-state index contributed by atoms with van der Waals surface area (Å²) in [6.07, 6.45) is 0. The first kappa shape index (κ1) is 11.5. The number of nitrogens with two attached hydrogens (primary N) is 1. The Morgan fingerprint density at radius 1 is 1.60 bits per heavy atom. The van der Waals surface area contributed by atoms with E-state index in [1.54, 1.807) is 6.92 Å². The van der Waals surface area contributed by atoms with Gasteiger partial charge in [-0.25, -0.2) is 9.18 Å². The molecule has 0 amide bonds. The van der Waals surface area contributed by atoms with Crippen molar-refractivity contribution < 1.29 is 19.0 Å². The van der Waals surface area contributed by atoms with Crippen LogP contribution in [0.2, 0.25) is 0 Å². The summed E-state index contributed by atoms with van der Waals surface area (Å²) in [7, 11) is 0. The minimum Gasteiger partial charge on any atom is -0.508 e. The average Bonchev–Trinajstić information content (AvgIpc) is 2.15. The third-order valence-electron chi connectivity index (χ3n) is 1.80. The van der Waals surface area contributed by atoms with Gasteiger partial charge in [0.15, 0.2) is 0 Å². The molecule has 0 aliphatic rings. The number of carbonyl (C=O) groups is 1. The summed E-state index contributed by atoms with van der Waals surface area (Å²) >= 11 is 0. The molecule has 0 aromatic heterocycles. The minimum atomic E-state index is -1.08. The Bertz CT molecular complexity index is 347. The Labute approximate surface area is 86.5 Å². The topological polar surface area (TPSA) is 72.5 Å². The number of carbonyl (C=O) groups excluding carboxylic acids is 1. The first-order chi connectivity index (χ1) is 7.04. The maximum absolute atomic E-state index is 12.9. The lowest BCUT2D eigenvalue weighted by Crippen LogP contribution is -2.23. The lowest BCUT2D eigenvalue weighted by Gasteiger charge is -2.11. The van der Waals surface area contributed by atoms with E-state index in [2.05, 4.69) is 4.74 Å². The number of rotatable bonds is 3. The second-order valence-electron chi connectivity index (χ2n) is 2.97. The number of esters is 1. The Morgan fingerprint density at radius 3 is 2.80 bits per heavy atom. The van der Waals surface area contributed by atoms with Crippen LogP contribution in [-0.4, -0.2) is 17.7 Å². The van der Waals surface area contributed by atoms with Crippen LogP contribution in [0.5, 0.6) is 5.75 Å². The summed E-state index contributed by atoms with van der Waals surface area (Å²) in [5.41, 5.74) is 5.70. The van der Waals surface area contributed by atoms with Crippen LogP contribution in [0.3, 0.4) is 0 Å².